The minimum Gasteiger partial charge on any atom is -0.393 e. The summed E-state index contributed by atoms with van der Waals surface area (Å²) in [5, 5.41) is 9.69. The van der Waals surface area contributed by atoms with Crippen LogP contribution in [0.2, 0.25) is 0 Å². The number of nitrogens with zero attached hydrogens (tertiary/aromatic N) is 2. The monoisotopic (exact) mass is 264 g/mol. The largest absolute Gasteiger partial charge is 0.393 e. The number of ketones is 1. The van der Waals surface area contributed by atoms with Gasteiger partial charge in [-0.25, -0.2) is 0 Å². The second-order valence-corrected chi connectivity index (χ2v) is 5.37. The van der Waals surface area contributed by atoms with Gasteiger partial charge < -0.3 is 14.6 Å². The summed E-state index contributed by atoms with van der Waals surface area (Å²) in [6, 6.07) is 1.64. The highest BCUT2D eigenvalue weighted by atomic mass is 16.3. The van der Waals surface area contributed by atoms with Crippen LogP contribution in [0.3, 0.4) is 0 Å². The number of aliphatic hydroxyl groups is 1. The van der Waals surface area contributed by atoms with Gasteiger partial charge in [-0.05, 0) is 25.3 Å². The zero-order valence-corrected chi connectivity index (χ0v) is 11.6. The molecule has 0 aromatic carbocycles. The molecule has 104 valence electrons. The molecule has 1 amide bonds. The van der Waals surface area contributed by atoms with Gasteiger partial charge in [0, 0.05) is 31.9 Å². The molecule has 0 aliphatic carbocycles. The van der Waals surface area contributed by atoms with Crippen molar-refractivity contribution in [2.24, 2.45) is 13.0 Å². The fraction of sp³-hybridized carbons (Fsp3) is 0.571. The molecule has 1 fully saturated rings. The van der Waals surface area contributed by atoms with Gasteiger partial charge in [0.15, 0.2) is 5.78 Å². The van der Waals surface area contributed by atoms with Gasteiger partial charge in [0.1, 0.15) is 5.69 Å². The number of carbonyl (C=O) groups excluding carboxylic acids is 2. The van der Waals surface area contributed by atoms with Gasteiger partial charge in [-0.1, -0.05) is 6.92 Å². The molecule has 19 heavy (non-hydrogen) atoms. The van der Waals surface area contributed by atoms with Gasteiger partial charge >= 0.3 is 0 Å². The van der Waals surface area contributed by atoms with Crippen molar-refractivity contribution in [2.45, 2.75) is 26.4 Å². The number of carbonyl (C=O) groups is 2. The number of hydrogen-bond acceptors (Lipinski definition) is 3. The van der Waals surface area contributed by atoms with Gasteiger partial charge in [0.25, 0.3) is 5.91 Å². The van der Waals surface area contributed by atoms with Crippen LogP contribution in [-0.2, 0) is 7.05 Å². The third kappa shape index (κ3) is 2.71. The maximum atomic E-state index is 12.4. The molecule has 5 heteroatoms. The van der Waals surface area contributed by atoms with Crippen LogP contribution < -0.4 is 0 Å². The maximum Gasteiger partial charge on any atom is 0.270 e. The van der Waals surface area contributed by atoms with Crippen LogP contribution >= 0.6 is 0 Å². The average Bonchev–Trinajstić information content (AvgIpc) is 2.74. The second-order valence-electron chi connectivity index (χ2n) is 5.37. The van der Waals surface area contributed by atoms with Gasteiger partial charge in [0.05, 0.1) is 6.10 Å². The fourth-order valence-corrected chi connectivity index (χ4v) is 2.45. The van der Waals surface area contributed by atoms with Crippen molar-refractivity contribution < 1.29 is 14.7 Å². The molecule has 0 radical (unpaired) electrons. The van der Waals surface area contributed by atoms with Crippen molar-refractivity contribution in [1.82, 2.24) is 9.47 Å². The average molecular weight is 264 g/mol. The van der Waals surface area contributed by atoms with Crippen LogP contribution in [0.4, 0.5) is 0 Å². The first-order chi connectivity index (χ1) is 8.90. The quantitative estimate of drug-likeness (QED) is 0.813. The Morgan fingerprint density at radius 2 is 2.11 bits per heavy atom. The van der Waals surface area contributed by atoms with E-state index < -0.39 is 0 Å². The highest BCUT2D eigenvalue weighted by Crippen LogP contribution is 2.19. The minimum absolute atomic E-state index is 0.0444. The van der Waals surface area contributed by atoms with E-state index in [0.29, 0.717) is 30.8 Å². The summed E-state index contributed by atoms with van der Waals surface area (Å²) in [7, 11) is 1.77. The van der Waals surface area contributed by atoms with Crippen LogP contribution in [0.1, 0.15) is 41.1 Å². The highest BCUT2D eigenvalue weighted by Gasteiger charge is 2.29. The SMILES string of the molecule is CC(=O)c1cc(C(=O)N2CCC(O)C(C)C2)n(C)c1. The van der Waals surface area contributed by atoms with E-state index in [0.717, 1.165) is 0 Å². The molecule has 1 aromatic rings. The molecule has 2 rings (SSSR count). The molecule has 0 bridgehead atoms. The van der Waals surface area contributed by atoms with Gasteiger partial charge in [-0.2, -0.15) is 0 Å². The van der Waals surface area contributed by atoms with Crippen molar-refractivity contribution in [3.63, 3.8) is 0 Å². The Morgan fingerprint density at radius 3 is 2.63 bits per heavy atom. The Labute approximate surface area is 112 Å². The summed E-state index contributed by atoms with van der Waals surface area (Å²) < 4.78 is 1.69. The first-order valence-corrected chi connectivity index (χ1v) is 6.54. The lowest BCUT2D eigenvalue weighted by molar-refractivity contribution is 0.0292. The zero-order chi connectivity index (χ0) is 14.2. The molecule has 1 aromatic heterocycles. The summed E-state index contributed by atoms with van der Waals surface area (Å²) in [6.07, 6.45) is 1.96. The molecule has 1 saturated heterocycles. The number of aryl methyl sites for hydroxylation is 1. The van der Waals surface area contributed by atoms with E-state index in [-0.39, 0.29) is 23.7 Å². The summed E-state index contributed by atoms with van der Waals surface area (Å²) in [5.41, 5.74) is 1.07. The number of rotatable bonds is 2. The number of piperidine rings is 1. The Bertz CT molecular complexity index is 507. The summed E-state index contributed by atoms with van der Waals surface area (Å²) in [4.78, 5) is 25.5. The van der Waals surface area contributed by atoms with E-state index in [1.165, 1.54) is 6.92 Å². The lowest BCUT2D eigenvalue weighted by atomic mass is 9.96. The molecule has 2 unspecified atom stereocenters. The predicted molar refractivity (Wildman–Crippen MR) is 71.1 cm³/mol. The molecule has 5 nitrogen and oxygen atoms in total. The van der Waals surface area contributed by atoms with E-state index in [4.69, 9.17) is 0 Å². The molecule has 1 N–H and O–H groups in total. The first-order valence-electron chi connectivity index (χ1n) is 6.54. The lowest BCUT2D eigenvalue weighted by Crippen LogP contribution is -2.45. The lowest BCUT2D eigenvalue weighted by Gasteiger charge is -2.34. The summed E-state index contributed by atoms with van der Waals surface area (Å²) >= 11 is 0. The summed E-state index contributed by atoms with van der Waals surface area (Å²) in [5.74, 6) is -0.0314. The Morgan fingerprint density at radius 1 is 1.42 bits per heavy atom. The van der Waals surface area contributed by atoms with Crippen molar-refractivity contribution in [2.75, 3.05) is 13.1 Å². The van der Waals surface area contributed by atoms with Crippen molar-refractivity contribution >= 4 is 11.7 Å². The normalized spacial score (nSPS) is 23.5. The van der Waals surface area contributed by atoms with Crippen LogP contribution in [-0.4, -0.2) is 45.5 Å². The van der Waals surface area contributed by atoms with E-state index in [9.17, 15) is 14.7 Å². The van der Waals surface area contributed by atoms with Gasteiger partial charge in [0.2, 0.25) is 0 Å². The molecule has 1 aliphatic rings. The number of likely N-dealkylation sites (tertiary alicyclic amines) is 1. The first kappa shape index (κ1) is 13.8. The number of Topliss-reactive ketones (excluding diaryl/α,β-unsaturated/α-hetero) is 1. The van der Waals surface area contributed by atoms with Crippen molar-refractivity contribution in [3.8, 4) is 0 Å². The molecular weight excluding hydrogens is 244 g/mol. The van der Waals surface area contributed by atoms with Crippen LogP contribution in [0.25, 0.3) is 0 Å². The number of hydrogen-bond donors (Lipinski definition) is 1. The third-order valence-corrected chi connectivity index (χ3v) is 3.78. The minimum atomic E-state index is -0.328. The maximum absolute atomic E-state index is 12.4. The number of aliphatic hydroxyl groups excluding tert-OH is 1. The Hall–Kier alpha value is -1.62. The topological polar surface area (TPSA) is 62.5 Å². The van der Waals surface area contributed by atoms with Crippen LogP contribution in [0.15, 0.2) is 12.3 Å². The standard InChI is InChI=1S/C14H20N2O3/c1-9-7-16(5-4-13(9)18)14(19)12-6-11(10(2)17)8-15(12)3/h6,8-9,13,18H,4-5,7H2,1-3H3. The Kier molecular flexibility index (Phi) is 3.75. The van der Waals surface area contributed by atoms with Crippen LogP contribution in [0.5, 0.6) is 0 Å². The third-order valence-electron chi connectivity index (χ3n) is 3.78. The fourth-order valence-electron chi connectivity index (χ4n) is 2.45. The van der Waals surface area contributed by atoms with Crippen LogP contribution in [0, 0.1) is 5.92 Å². The van der Waals surface area contributed by atoms with E-state index in [1.54, 1.807) is 28.8 Å². The number of aromatic nitrogens is 1. The predicted octanol–water partition coefficient (Wildman–Crippen LogP) is 1.07. The number of amides is 1. The zero-order valence-electron chi connectivity index (χ0n) is 11.6. The second kappa shape index (κ2) is 5.17. The molecule has 2 atom stereocenters. The highest BCUT2D eigenvalue weighted by molar-refractivity contribution is 5.99. The van der Waals surface area contributed by atoms with Gasteiger partial charge in [-0.3, -0.25) is 9.59 Å². The molecule has 0 saturated carbocycles. The molecule has 0 spiro atoms. The van der Waals surface area contributed by atoms with Gasteiger partial charge in [-0.15, -0.1) is 0 Å². The van der Waals surface area contributed by atoms with E-state index in [1.807, 2.05) is 6.92 Å². The molecule has 1 aliphatic heterocycles. The smallest absolute Gasteiger partial charge is 0.270 e. The molecular formula is C14H20N2O3. The van der Waals surface area contributed by atoms with E-state index >= 15 is 0 Å². The van der Waals surface area contributed by atoms with Crippen molar-refractivity contribution in [1.29, 1.82) is 0 Å². The van der Waals surface area contributed by atoms with E-state index in [2.05, 4.69) is 0 Å². The summed E-state index contributed by atoms with van der Waals surface area (Å²) in [6.45, 7) is 4.55. The molecule has 2 heterocycles. The Balaban J connectivity index is 2.18. The van der Waals surface area contributed by atoms with Crippen molar-refractivity contribution in [3.05, 3.63) is 23.5 Å².